The third-order valence-electron chi connectivity index (χ3n) is 6.34. The molecular weight excluding hydrogens is 502 g/mol. The van der Waals surface area contributed by atoms with Gasteiger partial charge in [0.25, 0.3) is 5.56 Å². The van der Waals surface area contributed by atoms with E-state index in [0.29, 0.717) is 30.2 Å². The number of nitrogens with zero attached hydrogens (tertiary/aromatic N) is 2. The van der Waals surface area contributed by atoms with Gasteiger partial charge in [-0.3, -0.25) is 4.79 Å². The average Bonchev–Trinajstić information content (AvgIpc) is 2.94. The lowest BCUT2D eigenvalue weighted by Gasteiger charge is -2.27. The molecule has 0 atom stereocenters. The number of aromatic amines is 1. The Labute approximate surface area is 222 Å². The number of anilines is 2. The molecule has 0 saturated heterocycles. The van der Waals surface area contributed by atoms with Gasteiger partial charge in [-0.2, -0.15) is 0 Å². The second kappa shape index (κ2) is 11.5. The summed E-state index contributed by atoms with van der Waals surface area (Å²) >= 11 is 0. The Kier molecular flexibility index (Phi) is 8.16. The van der Waals surface area contributed by atoms with Crippen LogP contribution in [0.5, 0.6) is 11.6 Å². The van der Waals surface area contributed by atoms with Crippen molar-refractivity contribution >= 4 is 21.2 Å². The normalized spacial score (nSPS) is 11.3. The summed E-state index contributed by atoms with van der Waals surface area (Å²) in [6.45, 7) is 4.38. The fourth-order valence-corrected chi connectivity index (χ4v) is 5.78. The Morgan fingerprint density at radius 3 is 2.34 bits per heavy atom. The molecule has 0 aliphatic rings. The van der Waals surface area contributed by atoms with Crippen LogP contribution in [-0.4, -0.2) is 37.1 Å². The van der Waals surface area contributed by atoms with Gasteiger partial charge >= 0.3 is 0 Å². The van der Waals surface area contributed by atoms with Crippen LogP contribution < -0.4 is 15.2 Å². The van der Waals surface area contributed by atoms with Crippen LogP contribution in [0.15, 0.2) is 87.5 Å². The number of aryl methyl sites for hydroxylation is 1. The second-order valence-corrected chi connectivity index (χ2v) is 10.6. The smallest absolute Gasteiger partial charge is 0.271 e. The van der Waals surface area contributed by atoms with Crippen molar-refractivity contribution in [2.45, 2.75) is 42.9 Å². The molecule has 4 aromatic rings. The number of unbranched alkanes of at least 4 members (excludes halogenated alkanes) is 1. The van der Waals surface area contributed by atoms with Crippen molar-refractivity contribution in [3.05, 3.63) is 89.0 Å². The lowest BCUT2D eigenvalue weighted by atomic mass is 10.1. The lowest BCUT2D eigenvalue weighted by Crippen LogP contribution is -2.25. The molecule has 0 amide bonds. The summed E-state index contributed by atoms with van der Waals surface area (Å²) < 4.78 is 32.6. The highest BCUT2D eigenvalue weighted by Crippen LogP contribution is 2.40. The van der Waals surface area contributed by atoms with Crippen molar-refractivity contribution in [3.8, 4) is 22.8 Å². The van der Waals surface area contributed by atoms with E-state index < -0.39 is 26.0 Å². The maximum atomic E-state index is 13.7. The van der Waals surface area contributed by atoms with E-state index in [-0.39, 0.29) is 4.90 Å². The number of rotatable bonds is 10. The van der Waals surface area contributed by atoms with Crippen LogP contribution in [0, 0.1) is 0 Å². The Morgan fingerprint density at radius 1 is 1.00 bits per heavy atom. The molecule has 0 aliphatic heterocycles. The molecule has 4 rings (SSSR count). The standard InChI is InChI=1S/C29H31N3O5S/c1-4-6-12-24-26(32(5-2)22-10-8-7-9-11-22)27(33)28(29(34)31-24)38(35,36)23-15-13-20(14-16-23)21-17-18-30-25(19-21)37-3/h7-11,13-19H,4-6,12H2,1-3H3,(H2,31,33,34). The first-order valence-electron chi connectivity index (χ1n) is 12.5. The molecule has 2 aromatic heterocycles. The van der Waals surface area contributed by atoms with Gasteiger partial charge < -0.3 is 19.7 Å². The first-order chi connectivity index (χ1) is 18.3. The molecule has 9 heteroatoms. The van der Waals surface area contributed by atoms with Crippen LogP contribution in [0.25, 0.3) is 11.1 Å². The van der Waals surface area contributed by atoms with Gasteiger partial charge in [0.2, 0.25) is 15.7 Å². The number of methoxy groups -OCH3 is 1. The molecule has 0 aliphatic carbocycles. The topological polar surface area (TPSA) is 113 Å². The number of hydrogen-bond acceptors (Lipinski definition) is 7. The maximum Gasteiger partial charge on any atom is 0.271 e. The second-order valence-electron chi connectivity index (χ2n) is 8.76. The van der Waals surface area contributed by atoms with Crippen molar-refractivity contribution in [2.24, 2.45) is 0 Å². The number of nitrogens with one attached hydrogen (secondary N) is 1. The quantitative estimate of drug-likeness (QED) is 0.277. The Bertz CT molecular complexity index is 1570. The molecule has 2 N–H and O–H groups in total. The van der Waals surface area contributed by atoms with Crippen LogP contribution in [0.4, 0.5) is 11.4 Å². The van der Waals surface area contributed by atoms with Crippen molar-refractivity contribution in [1.29, 1.82) is 0 Å². The van der Waals surface area contributed by atoms with E-state index in [1.807, 2.05) is 49.1 Å². The third-order valence-corrected chi connectivity index (χ3v) is 8.15. The number of ether oxygens (including phenoxy) is 1. The molecule has 0 bridgehead atoms. The van der Waals surface area contributed by atoms with E-state index in [1.165, 1.54) is 19.2 Å². The number of para-hydroxylation sites is 1. The van der Waals surface area contributed by atoms with Gasteiger partial charge in [0.1, 0.15) is 5.69 Å². The highest BCUT2D eigenvalue weighted by atomic mass is 32.2. The summed E-state index contributed by atoms with van der Waals surface area (Å²) in [4.78, 5) is 21.1. The molecule has 0 fully saturated rings. The van der Waals surface area contributed by atoms with Gasteiger partial charge in [0, 0.05) is 30.2 Å². The minimum absolute atomic E-state index is 0.0990. The molecule has 0 radical (unpaired) electrons. The molecule has 8 nitrogen and oxygen atoms in total. The number of aromatic hydroxyl groups is 1. The summed E-state index contributed by atoms with van der Waals surface area (Å²) in [5.74, 6) is -0.112. The van der Waals surface area contributed by atoms with E-state index in [4.69, 9.17) is 4.74 Å². The zero-order valence-corrected chi connectivity index (χ0v) is 22.5. The van der Waals surface area contributed by atoms with Gasteiger partial charge in [-0.1, -0.05) is 43.7 Å². The van der Waals surface area contributed by atoms with Crippen LogP contribution in [0.3, 0.4) is 0 Å². The maximum absolute atomic E-state index is 13.7. The number of H-pyrrole nitrogens is 1. The number of hydrogen-bond donors (Lipinski definition) is 2. The predicted octanol–water partition coefficient (Wildman–Crippen LogP) is 5.48. The molecule has 0 spiro atoms. The van der Waals surface area contributed by atoms with Gasteiger partial charge in [-0.05, 0) is 61.2 Å². The number of benzene rings is 2. The summed E-state index contributed by atoms with van der Waals surface area (Å²) in [7, 11) is -2.83. The van der Waals surface area contributed by atoms with E-state index in [2.05, 4.69) is 9.97 Å². The Hall–Kier alpha value is -4.11. The van der Waals surface area contributed by atoms with E-state index >= 15 is 0 Å². The molecule has 0 saturated carbocycles. The van der Waals surface area contributed by atoms with Gasteiger partial charge in [-0.15, -0.1) is 0 Å². The van der Waals surface area contributed by atoms with Gasteiger partial charge in [-0.25, -0.2) is 13.4 Å². The summed E-state index contributed by atoms with van der Waals surface area (Å²) in [5.41, 5.74) is 2.27. The number of aromatic nitrogens is 2. The number of sulfone groups is 1. The zero-order valence-electron chi connectivity index (χ0n) is 21.6. The molecule has 0 unspecified atom stereocenters. The highest BCUT2D eigenvalue weighted by molar-refractivity contribution is 7.91. The average molecular weight is 534 g/mol. The van der Waals surface area contributed by atoms with Gasteiger partial charge in [0.05, 0.1) is 12.0 Å². The first kappa shape index (κ1) is 26.9. The summed E-state index contributed by atoms with van der Waals surface area (Å²) in [5, 5.41) is 11.4. The molecule has 2 aromatic carbocycles. The monoisotopic (exact) mass is 533 g/mol. The van der Waals surface area contributed by atoms with Crippen LogP contribution in [0.2, 0.25) is 0 Å². The van der Waals surface area contributed by atoms with Crippen LogP contribution in [-0.2, 0) is 16.3 Å². The fourth-order valence-electron chi connectivity index (χ4n) is 4.41. The Balaban J connectivity index is 1.84. The van der Waals surface area contributed by atoms with Crippen LogP contribution in [0.1, 0.15) is 32.4 Å². The van der Waals surface area contributed by atoms with E-state index in [9.17, 15) is 18.3 Å². The number of pyridine rings is 2. The van der Waals surface area contributed by atoms with Crippen molar-refractivity contribution in [1.82, 2.24) is 9.97 Å². The summed E-state index contributed by atoms with van der Waals surface area (Å²) in [6.07, 6.45) is 3.73. The third kappa shape index (κ3) is 5.28. The predicted molar refractivity (Wildman–Crippen MR) is 148 cm³/mol. The minimum atomic E-state index is -4.35. The SMILES string of the molecule is CCCCc1[nH]c(=O)c(S(=O)(=O)c2ccc(-c3ccnc(OC)c3)cc2)c(O)c1N(CC)c1ccccc1. The van der Waals surface area contributed by atoms with Gasteiger partial charge in [0.15, 0.2) is 10.6 Å². The summed E-state index contributed by atoms with van der Waals surface area (Å²) in [6, 6.07) is 19.0. The van der Waals surface area contributed by atoms with Crippen molar-refractivity contribution in [2.75, 3.05) is 18.6 Å². The minimum Gasteiger partial charge on any atom is -0.504 e. The molecular formula is C29H31N3O5S. The van der Waals surface area contributed by atoms with E-state index in [1.54, 1.807) is 30.5 Å². The Morgan fingerprint density at radius 2 is 1.71 bits per heavy atom. The molecule has 198 valence electrons. The zero-order chi connectivity index (χ0) is 27.3. The fraction of sp³-hybridized carbons (Fsp3) is 0.241. The first-order valence-corrected chi connectivity index (χ1v) is 14.0. The largest absolute Gasteiger partial charge is 0.504 e. The lowest BCUT2D eigenvalue weighted by molar-refractivity contribution is 0.398. The van der Waals surface area contributed by atoms with Crippen LogP contribution >= 0.6 is 0 Å². The van der Waals surface area contributed by atoms with Crippen molar-refractivity contribution < 1.29 is 18.3 Å². The van der Waals surface area contributed by atoms with E-state index in [0.717, 1.165) is 29.7 Å². The highest BCUT2D eigenvalue weighted by Gasteiger charge is 2.31. The van der Waals surface area contributed by atoms with Crippen molar-refractivity contribution in [3.63, 3.8) is 0 Å². The molecule has 38 heavy (non-hydrogen) atoms. The molecule has 2 heterocycles.